The number of nitrogens with zero attached hydrogens (tertiary/aromatic N) is 3. The molecule has 108 valence electrons. The van der Waals surface area contributed by atoms with Crippen LogP contribution >= 0.6 is 11.3 Å². The molecule has 3 aromatic rings. The number of fused-ring (bicyclic) bond motifs is 1. The van der Waals surface area contributed by atoms with Gasteiger partial charge in [-0.2, -0.15) is 5.10 Å². The Hall–Kier alpha value is -1.92. The van der Waals surface area contributed by atoms with Crippen molar-refractivity contribution in [2.75, 3.05) is 18.4 Å². The highest BCUT2D eigenvalue weighted by atomic mass is 32.1. The summed E-state index contributed by atoms with van der Waals surface area (Å²) < 4.78 is 1.84. The van der Waals surface area contributed by atoms with E-state index >= 15 is 0 Å². The van der Waals surface area contributed by atoms with Crippen LogP contribution in [0.4, 0.5) is 5.82 Å². The van der Waals surface area contributed by atoms with Gasteiger partial charge in [0.25, 0.3) is 0 Å². The van der Waals surface area contributed by atoms with Gasteiger partial charge >= 0.3 is 0 Å². The minimum atomic E-state index is 0.509. The van der Waals surface area contributed by atoms with E-state index in [-0.39, 0.29) is 0 Å². The SMILES string of the molecule is c1csc(-c2cnn3ccc(NC4CCNCC4)nc23)c1. The maximum Gasteiger partial charge on any atom is 0.165 e. The fourth-order valence-corrected chi connectivity index (χ4v) is 3.46. The number of aromatic nitrogens is 3. The van der Waals surface area contributed by atoms with Crippen LogP contribution in [-0.4, -0.2) is 33.7 Å². The molecule has 0 spiro atoms. The first-order valence-electron chi connectivity index (χ1n) is 7.26. The number of nitrogens with one attached hydrogen (secondary N) is 2. The third kappa shape index (κ3) is 2.52. The molecule has 4 rings (SSSR count). The third-order valence-corrected chi connectivity index (χ3v) is 4.75. The fourth-order valence-electron chi connectivity index (χ4n) is 2.73. The molecule has 0 atom stereocenters. The molecule has 0 radical (unpaired) electrons. The lowest BCUT2D eigenvalue weighted by Crippen LogP contribution is -2.35. The first-order chi connectivity index (χ1) is 10.4. The van der Waals surface area contributed by atoms with Gasteiger partial charge in [0.05, 0.1) is 11.8 Å². The number of hydrogen-bond donors (Lipinski definition) is 2. The molecular weight excluding hydrogens is 282 g/mol. The molecule has 21 heavy (non-hydrogen) atoms. The summed E-state index contributed by atoms with van der Waals surface area (Å²) in [5.41, 5.74) is 2.01. The van der Waals surface area contributed by atoms with Gasteiger partial charge in [-0.25, -0.2) is 9.50 Å². The summed E-state index contributed by atoms with van der Waals surface area (Å²) in [4.78, 5) is 5.97. The maximum atomic E-state index is 4.76. The highest BCUT2D eigenvalue weighted by molar-refractivity contribution is 7.13. The summed E-state index contributed by atoms with van der Waals surface area (Å²) in [7, 11) is 0. The smallest absolute Gasteiger partial charge is 0.165 e. The van der Waals surface area contributed by atoms with Gasteiger partial charge in [-0.3, -0.25) is 0 Å². The van der Waals surface area contributed by atoms with Crippen LogP contribution in [0.5, 0.6) is 0 Å². The molecule has 1 aliphatic heterocycles. The number of anilines is 1. The van der Waals surface area contributed by atoms with Crippen LogP contribution in [0.25, 0.3) is 16.1 Å². The molecule has 6 heteroatoms. The van der Waals surface area contributed by atoms with Crippen molar-refractivity contribution in [3.63, 3.8) is 0 Å². The van der Waals surface area contributed by atoms with Gasteiger partial charge in [-0.15, -0.1) is 11.3 Å². The highest BCUT2D eigenvalue weighted by Crippen LogP contribution is 2.28. The Morgan fingerprint density at radius 3 is 3.00 bits per heavy atom. The zero-order chi connectivity index (χ0) is 14.1. The summed E-state index contributed by atoms with van der Waals surface area (Å²) >= 11 is 1.72. The molecule has 4 heterocycles. The largest absolute Gasteiger partial charge is 0.367 e. The Balaban J connectivity index is 1.66. The molecule has 1 fully saturated rings. The van der Waals surface area contributed by atoms with Gasteiger partial charge in [-0.1, -0.05) is 6.07 Å². The van der Waals surface area contributed by atoms with Crippen molar-refractivity contribution >= 4 is 22.8 Å². The predicted molar refractivity (Wildman–Crippen MR) is 85.8 cm³/mol. The van der Waals surface area contributed by atoms with Crippen molar-refractivity contribution in [1.82, 2.24) is 19.9 Å². The van der Waals surface area contributed by atoms with Gasteiger partial charge < -0.3 is 10.6 Å². The molecule has 0 bridgehead atoms. The lowest BCUT2D eigenvalue weighted by molar-refractivity contribution is 0.478. The summed E-state index contributed by atoms with van der Waals surface area (Å²) in [5.74, 6) is 0.938. The van der Waals surface area contributed by atoms with Crippen molar-refractivity contribution in [2.24, 2.45) is 0 Å². The topological polar surface area (TPSA) is 54.2 Å². The van der Waals surface area contributed by atoms with Crippen LogP contribution in [-0.2, 0) is 0 Å². The van der Waals surface area contributed by atoms with E-state index in [4.69, 9.17) is 4.98 Å². The minimum Gasteiger partial charge on any atom is -0.367 e. The van der Waals surface area contributed by atoms with Crippen molar-refractivity contribution in [3.8, 4) is 10.4 Å². The first-order valence-corrected chi connectivity index (χ1v) is 8.14. The second-order valence-electron chi connectivity index (χ2n) is 5.29. The van der Waals surface area contributed by atoms with E-state index < -0.39 is 0 Å². The fraction of sp³-hybridized carbons (Fsp3) is 0.333. The first kappa shape index (κ1) is 12.8. The molecule has 1 saturated heterocycles. The second kappa shape index (κ2) is 5.46. The molecule has 3 aromatic heterocycles. The Labute approximate surface area is 127 Å². The highest BCUT2D eigenvalue weighted by Gasteiger charge is 2.14. The van der Waals surface area contributed by atoms with Gasteiger partial charge in [-0.05, 0) is 43.4 Å². The number of piperidine rings is 1. The molecule has 0 saturated carbocycles. The van der Waals surface area contributed by atoms with Crippen molar-refractivity contribution in [1.29, 1.82) is 0 Å². The van der Waals surface area contributed by atoms with Crippen LogP contribution in [0.2, 0.25) is 0 Å². The van der Waals surface area contributed by atoms with E-state index in [1.807, 2.05) is 23.0 Å². The van der Waals surface area contributed by atoms with Crippen LogP contribution in [0.15, 0.2) is 36.0 Å². The lowest BCUT2D eigenvalue weighted by Gasteiger charge is -2.24. The molecule has 0 aliphatic carbocycles. The summed E-state index contributed by atoms with van der Waals surface area (Å²) in [6.45, 7) is 2.15. The summed E-state index contributed by atoms with van der Waals surface area (Å²) in [6.07, 6.45) is 6.15. The van der Waals surface area contributed by atoms with E-state index in [1.165, 1.54) is 4.88 Å². The predicted octanol–water partition coefficient (Wildman–Crippen LogP) is 2.62. The molecular formula is C15H17N5S. The number of thiophene rings is 1. The van der Waals surface area contributed by atoms with E-state index in [1.54, 1.807) is 11.3 Å². The standard InChI is InChI=1S/C15H17N5S/c1-2-13(21-9-1)12-10-17-20-8-5-14(19-15(12)20)18-11-3-6-16-7-4-11/h1-2,5,8-11,16H,3-4,6-7H2,(H,18,19). The van der Waals surface area contributed by atoms with Crippen LogP contribution in [0, 0.1) is 0 Å². The molecule has 1 aliphatic rings. The van der Waals surface area contributed by atoms with Gasteiger partial charge in [0.2, 0.25) is 0 Å². The van der Waals surface area contributed by atoms with Crippen molar-refractivity contribution in [3.05, 3.63) is 36.0 Å². The Morgan fingerprint density at radius 2 is 2.19 bits per heavy atom. The average molecular weight is 299 g/mol. The molecule has 2 N–H and O–H groups in total. The second-order valence-corrected chi connectivity index (χ2v) is 6.23. The Kier molecular flexibility index (Phi) is 3.33. The lowest BCUT2D eigenvalue weighted by atomic mass is 10.1. The molecule has 5 nitrogen and oxygen atoms in total. The van der Waals surface area contributed by atoms with E-state index in [2.05, 4.69) is 33.2 Å². The van der Waals surface area contributed by atoms with Gasteiger partial charge in [0.1, 0.15) is 5.82 Å². The average Bonchev–Trinajstić information content (AvgIpc) is 3.16. The summed E-state index contributed by atoms with van der Waals surface area (Å²) in [6, 6.07) is 6.67. The van der Waals surface area contributed by atoms with Crippen molar-refractivity contribution < 1.29 is 0 Å². The normalized spacial score (nSPS) is 16.4. The number of rotatable bonds is 3. The quantitative estimate of drug-likeness (QED) is 0.780. The molecule has 0 unspecified atom stereocenters. The number of hydrogen-bond acceptors (Lipinski definition) is 5. The Bertz CT molecular complexity index is 728. The zero-order valence-corrected chi connectivity index (χ0v) is 12.4. The zero-order valence-electron chi connectivity index (χ0n) is 11.6. The molecule has 0 aromatic carbocycles. The Morgan fingerprint density at radius 1 is 1.29 bits per heavy atom. The van der Waals surface area contributed by atoms with E-state index in [9.17, 15) is 0 Å². The minimum absolute atomic E-state index is 0.509. The van der Waals surface area contributed by atoms with Crippen LogP contribution < -0.4 is 10.6 Å². The van der Waals surface area contributed by atoms with Gasteiger partial charge in [0.15, 0.2) is 5.65 Å². The van der Waals surface area contributed by atoms with E-state index in [0.29, 0.717) is 6.04 Å². The van der Waals surface area contributed by atoms with E-state index in [0.717, 1.165) is 43.0 Å². The molecule has 0 amide bonds. The van der Waals surface area contributed by atoms with Crippen LogP contribution in [0.3, 0.4) is 0 Å². The van der Waals surface area contributed by atoms with Crippen LogP contribution in [0.1, 0.15) is 12.8 Å². The third-order valence-electron chi connectivity index (χ3n) is 3.85. The van der Waals surface area contributed by atoms with Gasteiger partial charge in [0, 0.05) is 17.1 Å². The monoisotopic (exact) mass is 299 g/mol. The van der Waals surface area contributed by atoms with Crippen molar-refractivity contribution in [2.45, 2.75) is 18.9 Å². The maximum absolute atomic E-state index is 4.76. The summed E-state index contributed by atoms with van der Waals surface area (Å²) in [5, 5.41) is 13.4.